The normalized spacial score (nSPS) is 10.4. The Morgan fingerprint density at radius 1 is 1.53 bits per heavy atom. The van der Waals surface area contributed by atoms with Crippen molar-refractivity contribution in [1.29, 1.82) is 0 Å². The van der Waals surface area contributed by atoms with Crippen LogP contribution < -0.4 is 11.1 Å². The summed E-state index contributed by atoms with van der Waals surface area (Å²) in [7, 11) is 0. The number of benzene rings is 1. The number of hydrogen-bond acceptors (Lipinski definition) is 4. The molecule has 0 radical (unpaired) electrons. The van der Waals surface area contributed by atoms with E-state index >= 15 is 0 Å². The first-order valence-corrected chi connectivity index (χ1v) is 7.48. The van der Waals surface area contributed by atoms with E-state index in [1.807, 2.05) is 6.20 Å². The Morgan fingerprint density at radius 3 is 2.95 bits per heavy atom. The Balaban J connectivity index is 1.99. The number of thiazole rings is 1. The molecule has 1 aromatic heterocycles. The number of anilines is 1. The lowest BCUT2D eigenvalue weighted by Gasteiger charge is -2.05. The Morgan fingerprint density at radius 2 is 2.32 bits per heavy atom. The number of carbonyl (C=O) groups excluding carboxylic acids is 1. The van der Waals surface area contributed by atoms with Crippen molar-refractivity contribution in [3.63, 3.8) is 0 Å². The van der Waals surface area contributed by atoms with Gasteiger partial charge in [0.05, 0.1) is 6.54 Å². The van der Waals surface area contributed by atoms with Crippen molar-refractivity contribution in [2.45, 2.75) is 19.9 Å². The number of amides is 1. The number of hydrogen-bond donors (Lipinski definition) is 2. The second-order valence-corrected chi connectivity index (χ2v) is 6.05. The summed E-state index contributed by atoms with van der Waals surface area (Å²) in [5.41, 5.74) is 6.85. The minimum atomic E-state index is -0.146. The number of aromatic nitrogens is 1. The first-order chi connectivity index (χ1) is 9.10. The topological polar surface area (TPSA) is 68.0 Å². The highest BCUT2D eigenvalue weighted by Crippen LogP contribution is 2.20. The van der Waals surface area contributed by atoms with E-state index < -0.39 is 0 Å². The minimum absolute atomic E-state index is 0.146. The summed E-state index contributed by atoms with van der Waals surface area (Å²) in [5.74, 6) is -0.146. The molecule has 0 atom stereocenters. The number of nitrogens with zero attached hydrogens (tertiary/aromatic N) is 1. The largest absolute Gasteiger partial charge is 0.398 e. The third kappa shape index (κ3) is 3.54. The van der Waals surface area contributed by atoms with Gasteiger partial charge in [0, 0.05) is 26.8 Å². The molecule has 1 amide bonds. The zero-order chi connectivity index (χ0) is 13.8. The molecule has 0 saturated heterocycles. The Kier molecular flexibility index (Phi) is 4.55. The second-order valence-electron chi connectivity index (χ2n) is 3.99. The fourth-order valence-corrected chi connectivity index (χ4v) is 2.58. The fourth-order valence-electron chi connectivity index (χ4n) is 1.54. The number of carbonyl (C=O) groups is 1. The van der Waals surface area contributed by atoms with Gasteiger partial charge in [0.25, 0.3) is 5.91 Å². The van der Waals surface area contributed by atoms with Crippen molar-refractivity contribution in [3.8, 4) is 0 Å². The highest BCUT2D eigenvalue weighted by atomic mass is 79.9. The first-order valence-electron chi connectivity index (χ1n) is 5.87. The van der Waals surface area contributed by atoms with Gasteiger partial charge in [-0.1, -0.05) is 6.92 Å². The summed E-state index contributed by atoms with van der Waals surface area (Å²) >= 11 is 4.92. The first kappa shape index (κ1) is 14.0. The van der Waals surface area contributed by atoms with Crippen LogP contribution in [0.5, 0.6) is 0 Å². The van der Waals surface area contributed by atoms with Crippen LogP contribution in [0.4, 0.5) is 5.69 Å². The summed E-state index contributed by atoms with van der Waals surface area (Å²) < 4.78 is 0.788. The van der Waals surface area contributed by atoms with Gasteiger partial charge in [0.15, 0.2) is 0 Å². The van der Waals surface area contributed by atoms with Crippen LogP contribution >= 0.6 is 27.3 Å². The quantitative estimate of drug-likeness (QED) is 0.841. The number of halogens is 1. The van der Waals surface area contributed by atoms with E-state index in [0.29, 0.717) is 17.8 Å². The smallest absolute Gasteiger partial charge is 0.251 e. The van der Waals surface area contributed by atoms with Crippen LogP contribution in [0, 0.1) is 0 Å². The van der Waals surface area contributed by atoms with E-state index in [0.717, 1.165) is 15.9 Å². The van der Waals surface area contributed by atoms with E-state index in [1.165, 1.54) is 4.88 Å². The summed E-state index contributed by atoms with van der Waals surface area (Å²) in [6.07, 6.45) is 2.82. The van der Waals surface area contributed by atoms with Crippen molar-refractivity contribution in [1.82, 2.24) is 10.3 Å². The van der Waals surface area contributed by atoms with Gasteiger partial charge >= 0.3 is 0 Å². The molecule has 2 aromatic rings. The zero-order valence-corrected chi connectivity index (χ0v) is 12.8. The summed E-state index contributed by atoms with van der Waals surface area (Å²) in [6, 6.07) is 5.15. The molecule has 0 bridgehead atoms. The van der Waals surface area contributed by atoms with E-state index in [9.17, 15) is 4.79 Å². The van der Waals surface area contributed by atoms with E-state index in [-0.39, 0.29) is 5.91 Å². The average Bonchev–Trinajstić information content (AvgIpc) is 2.87. The predicted molar refractivity (Wildman–Crippen MR) is 81.2 cm³/mol. The molecule has 6 heteroatoms. The van der Waals surface area contributed by atoms with Crippen LogP contribution in [0.1, 0.15) is 27.2 Å². The van der Waals surface area contributed by atoms with Crippen molar-refractivity contribution in [2.75, 3.05) is 5.73 Å². The van der Waals surface area contributed by atoms with E-state index in [1.54, 1.807) is 29.5 Å². The number of nitrogen functional groups attached to an aromatic ring is 1. The van der Waals surface area contributed by atoms with Crippen molar-refractivity contribution < 1.29 is 4.79 Å². The highest BCUT2D eigenvalue weighted by Gasteiger charge is 2.08. The predicted octanol–water partition coefficient (Wildman–Crippen LogP) is 2.98. The standard InChI is InChI=1S/C13H14BrN3OS/c1-2-9-6-16-12(19-9)7-17-13(18)8-3-4-10(14)11(15)5-8/h3-6H,2,7,15H2,1H3,(H,17,18). The van der Waals surface area contributed by atoms with Crippen molar-refractivity contribution in [3.05, 3.63) is 44.3 Å². The number of nitrogens with one attached hydrogen (secondary N) is 1. The summed E-state index contributed by atoms with van der Waals surface area (Å²) in [6.45, 7) is 2.53. The highest BCUT2D eigenvalue weighted by molar-refractivity contribution is 9.10. The Bertz CT molecular complexity index is 597. The van der Waals surface area contributed by atoms with Crippen LogP contribution in [0.15, 0.2) is 28.9 Å². The number of nitrogens with two attached hydrogens (primary N) is 1. The molecule has 3 N–H and O–H groups in total. The Labute approximate surface area is 124 Å². The monoisotopic (exact) mass is 339 g/mol. The molecule has 0 aliphatic rings. The van der Waals surface area contributed by atoms with Gasteiger partial charge in [-0.2, -0.15) is 0 Å². The molecule has 19 heavy (non-hydrogen) atoms. The molecular weight excluding hydrogens is 326 g/mol. The molecule has 0 spiro atoms. The molecule has 0 saturated carbocycles. The molecule has 100 valence electrons. The summed E-state index contributed by atoms with van der Waals surface area (Å²) in [5, 5.41) is 3.75. The van der Waals surface area contributed by atoms with Crippen LogP contribution in [0.2, 0.25) is 0 Å². The van der Waals surface area contributed by atoms with Gasteiger partial charge < -0.3 is 11.1 Å². The van der Waals surface area contributed by atoms with Crippen LogP contribution in [0.3, 0.4) is 0 Å². The van der Waals surface area contributed by atoms with E-state index in [2.05, 4.69) is 33.2 Å². The maximum atomic E-state index is 12.0. The van der Waals surface area contributed by atoms with Gasteiger partial charge in [-0.05, 0) is 40.5 Å². The lowest BCUT2D eigenvalue weighted by Crippen LogP contribution is -2.22. The second kappa shape index (κ2) is 6.16. The van der Waals surface area contributed by atoms with Crippen molar-refractivity contribution >= 4 is 38.9 Å². The van der Waals surface area contributed by atoms with Gasteiger partial charge in [-0.3, -0.25) is 4.79 Å². The zero-order valence-electron chi connectivity index (χ0n) is 10.4. The fraction of sp³-hybridized carbons (Fsp3) is 0.231. The molecule has 1 aromatic carbocycles. The van der Waals surface area contributed by atoms with Crippen LogP contribution in [-0.4, -0.2) is 10.9 Å². The average molecular weight is 340 g/mol. The molecule has 2 rings (SSSR count). The van der Waals surface area contributed by atoms with Crippen LogP contribution in [0.25, 0.3) is 0 Å². The number of rotatable bonds is 4. The lowest BCUT2D eigenvalue weighted by atomic mass is 10.2. The third-order valence-corrected chi connectivity index (χ3v) is 4.47. The molecule has 4 nitrogen and oxygen atoms in total. The maximum Gasteiger partial charge on any atom is 0.251 e. The summed E-state index contributed by atoms with van der Waals surface area (Å²) in [4.78, 5) is 17.4. The Hall–Kier alpha value is -1.40. The molecule has 0 unspecified atom stereocenters. The van der Waals surface area contributed by atoms with E-state index in [4.69, 9.17) is 5.73 Å². The maximum absolute atomic E-state index is 12.0. The third-order valence-electron chi connectivity index (χ3n) is 2.61. The van der Waals surface area contributed by atoms with Crippen molar-refractivity contribution in [2.24, 2.45) is 0 Å². The number of aryl methyl sites for hydroxylation is 1. The molecule has 0 aliphatic heterocycles. The molecular formula is C13H14BrN3OS. The SMILES string of the molecule is CCc1cnc(CNC(=O)c2ccc(Br)c(N)c2)s1. The van der Waals surface area contributed by atoms with Gasteiger partial charge in [-0.15, -0.1) is 11.3 Å². The molecule has 0 aliphatic carbocycles. The minimum Gasteiger partial charge on any atom is -0.398 e. The van der Waals surface area contributed by atoms with Crippen LogP contribution in [-0.2, 0) is 13.0 Å². The van der Waals surface area contributed by atoms with Gasteiger partial charge in [0.2, 0.25) is 0 Å². The lowest BCUT2D eigenvalue weighted by molar-refractivity contribution is 0.0951. The molecule has 0 fully saturated rings. The molecule has 1 heterocycles. The van der Waals surface area contributed by atoms with Gasteiger partial charge in [-0.25, -0.2) is 4.98 Å². The van der Waals surface area contributed by atoms with Gasteiger partial charge in [0.1, 0.15) is 5.01 Å².